The standard InChI is InChI=1S/C12H18N2O3/c1-8-5-10(17-4)6-9(14-8)7-13-12(2,3)11(15)16/h5-6,13H,7H2,1-4H3,(H,15,16). The van der Waals surface area contributed by atoms with Crippen molar-refractivity contribution < 1.29 is 14.6 Å². The number of rotatable bonds is 5. The minimum absolute atomic E-state index is 0.386. The molecule has 0 bridgehead atoms. The number of hydrogen-bond donors (Lipinski definition) is 2. The number of aromatic nitrogens is 1. The SMILES string of the molecule is COc1cc(C)nc(CNC(C)(C)C(=O)O)c1. The molecule has 5 nitrogen and oxygen atoms in total. The maximum absolute atomic E-state index is 10.9. The fourth-order valence-electron chi connectivity index (χ4n) is 1.30. The second-order valence-corrected chi connectivity index (χ2v) is 4.42. The zero-order valence-corrected chi connectivity index (χ0v) is 10.6. The molecule has 0 aromatic carbocycles. The van der Waals surface area contributed by atoms with Crippen molar-refractivity contribution in [3.8, 4) is 5.75 Å². The fourth-order valence-corrected chi connectivity index (χ4v) is 1.30. The Kier molecular flexibility index (Phi) is 4.07. The molecule has 0 radical (unpaired) electrons. The van der Waals surface area contributed by atoms with E-state index < -0.39 is 11.5 Å². The quantitative estimate of drug-likeness (QED) is 0.810. The first-order valence-electron chi connectivity index (χ1n) is 5.35. The van der Waals surface area contributed by atoms with E-state index in [9.17, 15) is 4.79 Å². The highest BCUT2D eigenvalue weighted by Crippen LogP contribution is 2.14. The van der Waals surface area contributed by atoms with E-state index in [4.69, 9.17) is 9.84 Å². The molecule has 17 heavy (non-hydrogen) atoms. The van der Waals surface area contributed by atoms with Gasteiger partial charge in [0.05, 0.1) is 12.8 Å². The molecular formula is C12H18N2O3. The summed E-state index contributed by atoms with van der Waals surface area (Å²) in [7, 11) is 1.59. The summed E-state index contributed by atoms with van der Waals surface area (Å²) in [5.41, 5.74) is 0.629. The molecule has 1 rings (SSSR count). The molecule has 0 unspecified atom stereocenters. The van der Waals surface area contributed by atoms with Crippen LogP contribution in [0, 0.1) is 6.92 Å². The topological polar surface area (TPSA) is 71.5 Å². The Labute approximate surface area is 101 Å². The van der Waals surface area contributed by atoms with E-state index in [2.05, 4.69) is 10.3 Å². The van der Waals surface area contributed by atoms with Crippen molar-refractivity contribution in [1.82, 2.24) is 10.3 Å². The summed E-state index contributed by atoms with van der Waals surface area (Å²) >= 11 is 0. The number of hydrogen-bond acceptors (Lipinski definition) is 4. The van der Waals surface area contributed by atoms with Crippen molar-refractivity contribution in [2.24, 2.45) is 0 Å². The number of aliphatic carboxylic acids is 1. The van der Waals surface area contributed by atoms with E-state index in [1.165, 1.54) is 0 Å². The van der Waals surface area contributed by atoms with Crippen LogP contribution in [0.15, 0.2) is 12.1 Å². The van der Waals surface area contributed by atoms with Gasteiger partial charge in [0.2, 0.25) is 0 Å². The third-order valence-electron chi connectivity index (χ3n) is 2.46. The van der Waals surface area contributed by atoms with Gasteiger partial charge in [0.15, 0.2) is 0 Å². The number of methoxy groups -OCH3 is 1. The van der Waals surface area contributed by atoms with Crippen molar-refractivity contribution in [1.29, 1.82) is 0 Å². The van der Waals surface area contributed by atoms with Crippen LogP contribution in [0.25, 0.3) is 0 Å². The first-order valence-corrected chi connectivity index (χ1v) is 5.35. The van der Waals surface area contributed by atoms with Gasteiger partial charge in [-0.1, -0.05) is 0 Å². The molecule has 0 spiro atoms. The van der Waals surface area contributed by atoms with Crippen LogP contribution in [-0.2, 0) is 11.3 Å². The van der Waals surface area contributed by atoms with Crippen LogP contribution in [0.2, 0.25) is 0 Å². The first kappa shape index (κ1) is 13.4. The molecule has 5 heteroatoms. The Balaban J connectivity index is 2.76. The smallest absolute Gasteiger partial charge is 0.323 e. The average molecular weight is 238 g/mol. The predicted molar refractivity (Wildman–Crippen MR) is 64.1 cm³/mol. The van der Waals surface area contributed by atoms with Crippen LogP contribution in [0.3, 0.4) is 0 Å². The van der Waals surface area contributed by atoms with E-state index >= 15 is 0 Å². The number of aryl methyl sites for hydroxylation is 1. The predicted octanol–water partition coefficient (Wildman–Crippen LogP) is 1.35. The van der Waals surface area contributed by atoms with Crippen LogP contribution in [0.4, 0.5) is 0 Å². The molecule has 1 aromatic rings. The van der Waals surface area contributed by atoms with Gasteiger partial charge in [0.25, 0.3) is 0 Å². The molecule has 0 saturated carbocycles. The van der Waals surface area contributed by atoms with Gasteiger partial charge in [-0.3, -0.25) is 15.1 Å². The summed E-state index contributed by atoms with van der Waals surface area (Å²) in [6.07, 6.45) is 0. The van der Waals surface area contributed by atoms with Gasteiger partial charge in [-0.2, -0.15) is 0 Å². The number of nitrogens with one attached hydrogen (secondary N) is 1. The van der Waals surface area contributed by atoms with Crippen molar-refractivity contribution in [3.63, 3.8) is 0 Å². The number of carbonyl (C=O) groups is 1. The van der Waals surface area contributed by atoms with Gasteiger partial charge in [-0.25, -0.2) is 0 Å². The van der Waals surface area contributed by atoms with Gasteiger partial charge < -0.3 is 9.84 Å². The van der Waals surface area contributed by atoms with E-state index in [1.807, 2.05) is 13.0 Å². The van der Waals surface area contributed by atoms with Crippen molar-refractivity contribution in [2.45, 2.75) is 32.9 Å². The molecule has 0 aliphatic rings. The molecule has 0 aliphatic carbocycles. The minimum Gasteiger partial charge on any atom is -0.497 e. The molecule has 0 atom stereocenters. The Morgan fingerprint density at radius 2 is 2.18 bits per heavy atom. The summed E-state index contributed by atoms with van der Waals surface area (Å²) in [4.78, 5) is 15.2. The summed E-state index contributed by atoms with van der Waals surface area (Å²) in [5, 5.41) is 11.9. The molecule has 0 saturated heterocycles. The third-order valence-corrected chi connectivity index (χ3v) is 2.46. The van der Waals surface area contributed by atoms with Crippen LogP contribution < -0.4 is 10.1 Å². The second-order valence-electron chi connectivity index (χ2n) is 4.42. The Hall–Kier alpha value is -1.62. The molecule has 0 amide bonds. The normalized spacial score (nSPS) is 11.3. The van der Waals surface area contributed by atoms with E-state index in [-0.39, 0.29) is 0 Å². The monoisotopic (exact) mass is 238 g/mol. The first-order chi connectivity index (χ1) is 7.85. The molecule has 0 fully saturated rings. The molecule has 1 heterocycles. The number of pyridine rings is 1. The van der Waals surface area contributed by atoms with E-state index in [0.717, 1.165) is 17.1 Å². The maximum atomic E-state index is 10.9. The van der Waals surface area contributed by atoms with Crippen molar-refractivity contribution >= 4 is 5.97 Å². The molecule has 94 valence electrons. The summed E-state index contributed by atoms with van der Waals surface area (Å²) < 4.78 is 5.13. The molecule has 2 N–H and O–H groups in total. The lowest BCUT2D eigenvalue weighted by molar-refractivity contribution is -0.143. The molecule has 1 aromatic heterocycles. The molecule has 0 aliphatic heterocycles. The van der Waals surface area contributed by atoms with Gasteiger partial charge in [-0.15, -0.1) is 0 Å². The maximum Gasteiger partial charge on any atom is 0.323 e. The Morgan fingerprint density at radius 3 is 2.71 bits per heavy atom. The van der Waals surface area contributed by atoms with Gasteiger partial charge in [0, 0.05) is 24.4 Å². The lowest BCUT2D eigenvalue weighted by atomic mass is 10.1. The summed E-state index contributed by atoms with van der Waals surface area (Å²) in [6.45, 7) is 5.48. The van der Waals surface area contributed by atoms with Gasteiger partial charge in [-0.05, 0) is 20.8 Å². The van der Waals surface area contributed by atoms with Crippen molar-refractivity contribution in [2.75, 3.05) is 7.11 Å². The summed E-state index contributed by atoms with van der Waals surface area (Å²) in [6, 6.07) is 3.61. The number of carboxylic acids is 1. The largest absolute Gasteiger partial charge is 0.497 e. The zero-order valence-electron chi connectivity index (χ0n) is 10.6. The van der Waals surface area contributed by atoms with E-state index in [1.54, 1.807) is 27.0 Å². The molecular weight excluding hydrogens is 220 g/mol. The van der Waals surface area contributed by atoms with Crippen LogP contribution >= 0.6 is 0 Å². The number of ether oxygens (including phenoxy) is 1. The highest BCUT2D eigenvalue weighted by atomic mass is 16.5. The number of nitrogens with zero attached hydrogens (tertiary/aromatic N) is 1. The third kappa shape index (κ3) is 3.71. The van der Waals surface area contributed by atoms with Gasteiger partial charge >= 0.3 is 5.97 Å². The van der Waals surface area contributed by atoms with Crippen LogP contribution in [0.5, 0.6) is 5.75 Å². The van der Waals surface area contributed by atoms with Crippen molar-refractivity contribution in [3.05, 3.63) is 23.5 Å². The highest BCUT2D eigenvalue weighted by molar-refractivity contribution is 5.77. The van der Waals surface area contributed by atoms with E-state index in [0.29, 0.717) is 6.54 Å². The van der Waals surface area contributed by atoms with Crippen LogP contribution in [-0.4, -0.2) is 28.7 Å². The highest BCUT2D eigenvalue weighted by Gasteiger charge is 2.26. The lowest BCUT2D eigenvalue weighted by Crippen LogP contribution is -2.46. The number of carboxylic acid groups (broad SMARTS) is 1. The summed E-state index contributed by atoms with van der Waals surface area (Å²) in [5.74, 6) is -0.167. The Morgan fingerprint density at radius 1 is 1.53 bits per heavy atom. The minimum atomic E-state index is -0.974. The van der Waals surface area contributed by atoms with Crippen LogP contribution in [0.1, 0.15) is 25.2 Å². The van der Waals surface area contributed by atoms with Gasteiger partial charge in [0.1, 0.15) is 11.3 Å². The lowest BCUT2D eigenvalue weighted by Gasteiger charge is -2.20. The average Bonchev–Trinajstić information content (AvgIpc) is 2.25. The zero-order chi connectivity index (χ0) is 13.1. The fraction of sp³-hybridized carbons (Fsp3) is 0.500. The second kappa shape index (κ2) is 5.14. The Bertz CT molecular complexity index is 416.